The normalized spacial score (nSPS) is 14.7. The summed E-state index contributed by atoms with van der Waals surface area (Å²) in [7, 11) is -5.87. The molecule has 1 atom stereocenters. The molecule has 0 aliphatic rings. The molecule has 172 valence electrons. The summed E-state index contributed by atoms with van der Waals surface area (Å²) in [5.74, 6) is -0.570. The van der Waals surface area contributed by atoms with Crippen LogP contribution in [0.1, 0.15) is 12.8 Å². The Kier molecular flexibility index (Phi) is 10.7. The highest BCUT2D eigenvalue weighted by Crippen LogP contribution is 2.23. The highest BCUT2D eigenvalue weighted by molar-refractivity contribution is 6.74. The Morgan fingerprint density at radius 1 is 0.828 bits per heavy atom. The summed E-state index contributed by atoms with van der Waals surface area (Å²) in [4.78, 5) is 25.8. The molecule has 6 nitrogen and oxygen atoms in total. The van der Waals surface area contributed by atoms with Gasteiger partial charge >= 0.3 is 5.97 Å². The van der Waals surface area contributed by atoms with Crippen LogP contribution in [0.3, 0.4) is 0 Å². The topological polar surface area (TPSA) is 65.1 Å². The molecule has 0 spiro atoms. The van der Waals surface area contributed by atoms with Crippen LogP contribution in [0, 0.1) is 0 Å². The average Bonchev–Trinajstić information content (AvgIpc) is 2.45. The van der Waals surface area contributed by atoms with E-state index in [1.165, 1.54) is 0 Å². The summed E-state index contributed by atoms with van der Waals surface area (Å²) in [6, 6.07) is 0.434. The highest BCUT2D eigenvalue weighted by Gasteiger charge is 2.39. The third kappa shape index (κ3) is 12.9. The zero-order valence-corrected chi connectivity index (χ0v) is 24.9. The van der Waals surface area contributed by atoms with Crippen molar-refractivity contribution < 1.29 is 22.9 Å². The number of carbonyl (C=O) groups excluding carboxylic acids is 2. The van der Waals surface area contributed by atoms with Crippen LogP contribution in [-0.2, 0) is 22.9 Å². The Morgan fingerprint density at radius 3 is 1.69 bits per heavy atom. The molecule has 1 unspecified atom stereocenters. The summed E-state index contributed by atoms with van der Waals surface area (Å²) in [6.45, 7) is 23.7. The molecule has 0 saturated heterocycles. The Morgan fingerprint density at radius 2 is 1.31 bits per heavy atom. The molecule has 0 N–H and O–H groups in total. The van der Waals surface area contributed by atoms with E-state index in [2.05, 4.69) is 37.3 Å². The number of carbonyl (C=O) groups is 2. The second-order valence-corrected chi connectivity index (χ2v) is 29.5. The lowest BCUT2D eigenvalue weighted by Crippen LogP contribution is -2.57. The van der Waals surface area contributed by atoms with Crippen molar-refractivity contribution in [3.63, 3.8) is 0 Å². The van der Waals surface area contributed by atoms with Crippen molar-refractivity contribution in [3.8, 4) is 0 Å². The van der Waals surface area contributed by atoms with Crippen molar-refractivity contribution in [2.75, 3.05) is 13.7 Å². The Labute approximate surface area is 183 Å². The van der Waals surface area contributed by atoms with Crippen molar-refractivity contribution in [1.29, 1.82) is 0 Å². The Bertz CT molecular complexity index is 550. The minimum absolute atomic E-state index is 0.0585. The first-order valence-corrected chi connectivity index (χ1v) is 23.9. The molecule has 0 aliphatic carbocycles. The minimum atomic E-state index is -2.07. The summed E-state index contributed by atoms with van der Waals surface area (Å²) >= 11 is 0. The van der Waals surface area contributed by atoms with E-state index in [4.69, 9.17) is 13.3 Å². The third-order valence-corrected chi connectivity index (χ3v) is 11.0. The number of hydrogen-bond acceptors (Lipinski definition) is 6. The van der Waals surface area contributed by atoms with Gasteiger partial charge in [-0.1, -0.05) is 19.6 Å². The zero-order chi connectivity index (χ0) is 23.3. The standard InChI is InChI=1S/C19H45NO5Si4/c1-23-29(11,12)15-13-14-20(26(2,3)4)17(19(22)25-28(8,9)10)16-18(21)24-27(5,6)7/h17H,13-16H2,1-12H3. The van der Waals surface area contributed by atoms with Gasteiger partial charge in [0.05, 0.1) is 6.42 Å². The van der Waals surface area contributed by atoms with E-state index < -0.39 is 39.2 Å². The highest BCUT2D eigenvalue weighted by atomic mass is 28.4. The molecular weight excluding hydrogens is 435 g/mol. The largest absolute Gasteiger partial charge is 0.520 e. The van der Waals surface area contributed by atoms with E-state index in [0.717, 1.165) is 19.0 Å². The maximum Gasteiger partial charge on any atom is 0.310 e. The van der Waals surface area contributed by atoms with Crippen LogP contribution in [0.15, 0.2) is 0 Å². The third-order valence-electron chi connectivity index (χ3n) is 4.43. The van der Waals surface area contributed by atoms with Gasteiger partial charge in [-0.25, -0.2) is 0 Å². The van der Waals surface area contributed by atoms with Gasteiger partial charge < -0.3 is 17.8 Å². The second-order valence-electron chi connectivity index (χ2n) is 11.3. The molecule has 29 heavy (non-hydrogen) atoms. The van der Waals surface area contributed by atoms with Crippen LogP contribution in [0.25, 0.3) is 0 Å². The molecule has 0 aromatic carbocycles. The van der Waals surface area contributed by atoms with Crippen molar-refractivity contribution in [2.45, 2.75) is 96.9 Å². The van der Waals surface area contributed by atoms with Gasteiger partial charge in [-0.3, -0.25) is 9.59 Å². The summed E-state index contributed by atoms with van der Waals surface area (Å²) in [6.07, 6.45) is 1.00. The van der Waals surface area contributed by atoms with Crippen molar-refractivity contribution in [3.05, 3.63) is 0 Å². The first-order valence-electron chi connectivity index (χ1n) is 10.5. The molecule has 0 fully saturated rings. The van der Waals surface area contributed by atoms with Crippen LogP contribution in [-0.4, -0.2) is 69.4 Å². The van der Waals surface area contributed by atoms with Crippen LogP contribution >= 0.6 is 0 Å². The number of nitrogens with zero attached hydrogens (tertiary/aromatic N) is 1. The van der Waals surface area contributed by atoms with Crippen molar-refractivity contribution in [1.82, 2.24) is 4.57 Å². The van der Waals surface area contributed by atoms with Gasteiger partial charge in [0, 0.05) is 7.11 Å². The van der Waals surface area contributed by atoms with E-state index in [9.17, 15) is 9.59 Å². The van der Waals surface area contributed by atoms with E-state index in [1.54, 1.807) is 7.11 Å². The summed E-state index contributed by atoms with van der Waals surface area (Å²) in [5.41, 5.74) is 0. The lowest BCUT2D eigenvalue weighted by molar-refractivity contribution is -0.146. The average molecular weight is 480 g/mol. The lowest BCUT2D eigenvalue weighted by Gasteiger charge is -2.40. The molecule has 0 aromatic rings. The number of rotatable bonds is 12. The van der Waals surface area contributed by atoms with E-state index in [0.29, 0.717) is 0 Å². The Balaban J connectivity index is 5.65. The molecule has 0 radical (unpaired) electrons. The molecule has 10 heteroatoms. The van der Waals surface area contributed by atoms with Crippen molar-refractivity contribution >= 4 is 45.1 Å². The second kappa shape index (κ2) is 10.8. The SMILES string of the molecule is CO[Si](C)(C)CCCN(C(CC(=O)O[Si](C)(C)C)C(=O)O[Si](C)(C)C)[Si](C)(C)C. The van der Waals surface area contributed by atoms with Gasteiger partial charge in [0.2, 0.25) is 16.6 Å². The predicted octanol–water partition coefficient (Wildman–Crippen LogP) is 4.88. The quantitative estimate of drug-likeness (QED) is 0.372. The van der Waals surface area contributed by atoms with Crippen LogP contribution in [0.2, 0.25) is 78.1 Å². The minimum Gasteiger partial charge on any atom is -0.520 e. The summed E-state index contributed by atoms with van der Waals surface area (Å²) < 4.78 is 19.4. The number of hydrogen-bond donors (Lipinski definition) is 0. The van der Waals surface area contributed by atoms with Gasteiger partial charge in [0.1, 0.15) is 14.3 Å². The molecular formula is C19H45NO5Si4. The van der Waals surface area contributed by atoms with E-state index in [-0.39, 0.29) is 18.4 Å². The molecule has 0 bridgehead atoms. The predicted molar refractivity (Wildman–Crippen MR) is 131 cm³/mol. The van der Waals surface area contributed by atoms with Crippen LogP contribution in [0.4, 0.5) is 0 Å². The van der Waals surface area contributed by atoms with Gasteiger partial charge in [-0.15, -0.1) is 0 Å². The first-order chi connectivity index (χ1) is 12.8. The molecule has 0 amide bonds. The van der Waals surface area contributed by atoms with Crippen LogP contribution in [0.5, 0.6) is 0 Å². The lowest BCUT2D eigenvalue weighted by atomic mass is 10.2. The molecule has 0 heterocycles. The van der Waals surface area contributed by atoms with E-state index in [1.807, 2.05) is 39.3 Å². The fraction of sp³-hybridized carbons (Fsp3) is 0.895. The smallest absolute Gasteiger partial charge is 0.310 e. The summed E-state index contributed by atoms with van der Waals surface area (Å²) in [5, 5.41) is 0. The maximum absolute atomic E-state index is 13.1. The maximum atomic E-state index is 13.1. The Hall–Kier alpha value is -0.272. The monoisotopic (exact) mass is 479 g/mol. The van der Waals surface area contributed by atoms with Crippen molar-refractivity contribution in [2.24, 2.45) is 0 Å². The van der Waals surface area contributed by atoms with Crippen LogP contribution < -0.4 is 0 Å². The first kappa shape index (κ1) is 28.7. The molecule has 0 aromatic heterocycles. The van der Waals surface area contributed by atoms with Gasteiger partial charge in [0.15, 0.2) is 8.32 Å². The molecule has 0 aliphatic heterocycles. The van der Waals surface area contributed by atoms with Gasteiger partial charge in [0.25, 0.3) is 5.97 Å². The molecule has 0 rings (SSSR count). The fourth-order valence-corrected chi connectivity index (χ4v) is 7.65. The molecule has 0 saturated carbocycles. The zero-order valence-electron chi connectivity index (χ0n) is 20.9. The fourth-order valence-electron chi connectivity index (χ4n) is 2.97. The van der Waals surface area contributed by atoms with E-state index >= 15 is 0 Å². The van der Waals surface area contributed by atoms with Gasteiger partial charge in [-0.05, 0) is 71.4 Å². The van der Waals surface area contributed by atoms with Gasteiger partial charge in [-0.2, -0.15) is 0 Å².